The third-order valence-electron chi connectivity index (χ3n) is 4.84. The third kappa shape index (κ3) is 4.14. The summed E-state index contributed by atoms with van der Waals surface area (Å²) in [6, 6.07) is 11.2. The molecule has 1 heterocycles. The van der Waals surface area contributed by atoms with Crippen molar-refractivity contribution in [2.24, 2.45) is 0 Å². The fourth-order valence-corrected chi connectivity index (χ4v) is 3.27. The number of alkyl halides is 3. The van der Waals surface area contributed by atoms with E-state index in [2.05, 4.69) is 0 Å². The van der Waals surface area contributed by atoms with E-state index in [0.29, 0.717) is 16.5 Å². The maximum Gasteiger partial charge on any atom is 0.416 e. The van der Waals surface area contributed by atoms with Crippen LogP contribution in [0.5, 0.6) is 0 Å². The number of aromatic nitrogens is 2. The van der Waals surface area contributed by atoms with Gasteiger partial charge in [0.15, 0.2) is 0 Å². The lowest BCUT2D eigenvalue weighted by Gasteiger charge is -2.20. The minimum atomic E-state index is -4.47. The van der Waals surface area contributed by atoms with Gasteiger partial charge in [0.1, 0.15) is 6.54 Å². The standard InChI is InChI=1S/C21H20F3N3O3/c1-3-26-19(29)16-9-4-5-10-17(16)27(20(26)30)13-18(28)25(2)12-14-7-6-8-15(11-14)21(22,23)24/h4-11H,3,12-13H2,1-2H3. The molecule has 2 aromatic carbocycles. The van der Waals surface area contributed by atoms with Crippen molar-refractivity contribution >= 4 is 16.8 Å². The number of halogens is 3. The zero-order valence-corrected chi connectivity index (χ0v) is 16.4. The summed E-state index contributed by atoms with van der Waals surface area (Å²) >= 11 is 0. The van der Waals surface area contributed by atoms with Crippen molar-refractivity contribution in [3.63, 3.8) is 0 Å². The fraction of sp³-hybridized carbons (Fsp3) is 0.286. The van der Waals surface area contributed by atoms with Crippen molar-refractivity contribution in [2.45, 2.75) is 32.7 Å². The van der Waals surface area contributed by atoms with Gasteiger partial charge in [0.05, 0.1) is 16.5 Å². The summed E-state index contributed by atoms with van der Waals surface area (Å²) in [6.07, 6.45) is -4.47. The second kappa shape index (κ2) is 8.17. The summed E-state index contributed by atoms with van der Waals surface area (Å²) in [5.74, 6) is -0.471. The monoisotopic (exact) mass is 419 g/mol. The molecule has 3 rings (SSSR count). The van der Waals surface area contributed by atoms with Crippen molar-refractivity contribution < 1.29 is 18.0 Å². The van der Waals surface area contributed by atoms with Crippen LogP contribution in [-0.4, -0.2) is 27.0 Å². The number of carbonyl (C=O) groups excluding carboxylic acids is 1. The van der Waals surface area contributed by atoms with E-state index >= 15 is 0 Å². The molecule has 0 aliphatic rings. The first kappa shape index (κ1) is 21.4. The summed E-state index contributed by atoms with van der Waals surface area (Å²) in [7, 11) is 1.45. The molecule has 0 saturated carbocycles. The first-order valence-electron chi connectivity index (χ1n) is 9.26. The van der Waals surface area contributed by atoms with E-state index in [-0.39, 0.29) is 19.6 Å². The minimum Gasteiger partial charge on any atom is -0.340 e. The van der Waals surface area contributed by atoms with Crippen LogP contribution in [0, 0.1) is 0 Å². The molecule has 0 spiro atoms. The van der Waals surface area contributed by atoms with Gasteiger partial charge in [-0.05, 0) is 36.8 Å². The smallest absolute Gasteiger partial charge is 0.340 e. The van der Waals surface area contributed by atoms with Crippen LogP contribution in [0.4, 0.5) is 13.2 Å². The molecule has 0 radical (unpaired) electrons. The van der Waals surface area contributed by atoms with Gasteiger partial charge in [-0.25, -0.2) is 4.79 Å². The molecule has 0 unspecified atom stereocenters. The summed E-state index contributed by atoms with van der Waals surface area (Å²) in [6.45, 7) is 1.41. The number of hydrogen-bond acceptors (Lipinski definition) is 3. The summed E-state index contributed by atoms with van der Waals surface area (Å²) in [4.78, 5) is 39.2. The van der Waals surface area contributed by atoms with Crippen LogP contribution >= 0.6 is 0 Å². The highest BCUT2D eigenvalue weighted by atomic mass is 19.4. The molecule has 0 fully saturated rings. The highest BCUT2D eigenvalue weighted by Gasteiger charge is 2.30. The number of nitrogens with zero attached hydrogens (tertiary/aromatic N) is 3. The maximum atomic E-state index is 12.9. The second-order valence-corrected chi connectivity index (χ2v) is 6.88. The van der Waals surface area contributed by atoms with Crippen molar-refractivity contribution in [3.8, 4) is 0 Å². The van der Waals surface area contributed by atoms with E-state index in [1.165, 1.54) is 28.6 Å². The van der Waals surface area contributed by atoms with Gasteiger partial charge in [-0.1, -0.05) is 24.3 Å². The van der Waals surface area contributed by atoms with E-state index in [9.17, 15) is 27.6 Å². The Morgan fingerprint density at radius 3 is 2.40 bits per heavy atom. The molecular weight excluding hydrogens is 399 g/mol. The van der Waals surface area contributed by atoms with Crippen LogP contribution in [0.3, 0.4) is 0 Å². The average Bonchev–Trinajstić information content (AvgIpc) is 2.71. The van der Waals surface area contributed by atoms with Crippen LogP contribution in [0.15, 0.2) is 58.1 Å². The Bertz CT molecular complexity index is 1210. The molecule has 0 atom stereocenters. The Hall–Kier alpha value is -3.36. The highest BCUT2D eigenvalue weighted by Crippen LogP contribution is 2.29. The number of fused-ring (bicyclic) bond motifs is 1. The van der Waals surface area contributed by atoms with Crippen molar-refractivity contribution in [2.75, 3.05) is 7.05 Å². The number of benzene rings is 2. The lowest BCUT2D eigenvalue weighted by atomic mass is 10.1. The van der Waals surface area contributed by atoms with Crippen LogP contribution in [0.1, 0.15) is 18.1 Å². The average molecular weight is 419 g/mol. The van der Waals surface area contributed by atoms with Gasteiger partial charge >= 0.3 is 11.9 Å². The van der Waals surface area contributed by atoms with E-state index < -0.39 is 28.9 Å². The van der Waals surface area contributed by atoms with Crippen molar-refractivity contribution in [3.05, 3.63) is 80.5 Å². The van der Waals surface area contributed by atoms with Crippen molar-refractivity contribution in [1.29, 1.82) is 0 Å². The Labute approximate surface area is 169 Å². The zero-order valence-electron chi connectivity index (χ0n) is 16.4. The Morgan fingerprint density at radius 2 is 1.73 bits per heavy atom. The molecule has 1 amide bonds. The second-order valence-electron chi connectivity index (χ2n) is 6.88. The first-order chi connectivity index (χ1) is 14.1. The molecule has 158 valence electrons. The summed E-state index contributed by atoms with van der Waals surface area (Å²) in [5, 5.41) is 0.312. The quantitative estimate of drug-likeness (QED) is 0.639. The van der Waals surface area contributed by atoms with E-state index in [0.717, 1.165) is 16.7 Å². The van der Waals surface area contributed by atoms with Crippen molar-refractivity contribution in [1.82, 2.24) is 14.0 Å². The predicted molar refractivity (Wildman–Crippen MR) is 106 cm³/mol. The van der Waals surface area contributed by atoms with Crippen LogP contribution in [0.25, 0.3) is 10.9 Å². The van der Waals surface area contributed by atoms with E-state index in [1.54, 1.807) is 31.2 Å². The van der Waals surface area contributed by atoms with Gasteiger partial charge in [-0.3, -0.25) is 18.7 Å². The molecule has 0 bridgehead atoms. The number of carbonyl (C=O) groups is 1. The highest BCUT2D eigenvalue weighted by molar-refractivity contribution is 5.81. The molecule has 30 heavy (non-hydrogen) atoms. The van der Waals surface area contributed by atoms with Gasteiger partial charge in [0.2, 0.25) is 5.91 Å². The Balaban J connectivity index is 1.90. The number of likely N-dealkylation sites (N-methyl/N-ethyl adjacent to an activating group) is 1. The Kier molecular flexibility index (Phi) is 5.82. The molecule has 0 aliphatic carbocycles. The maximum absolute atomic E-state index is 12.9. The van der Waals surface area contributed by atoms with E-state index in [1.807, 2.05) is 0 Å². The van der Waals surface area contributed by atoms with Crippen LogP contribution in [-0.2, 0) is 30.6 Å². The van der Waals surface area contributed by atoms with Crippen LogP contribution < -0.4 is 11.2 Å². The first-order valence-corrected chi connectivity index (χ1v) is 9.26. The van der Waals surface area contributed by atoms with Gasteiger partial charge in [-0.2, -0.15) is 13.2 Å². The number of rotatable bonds is 5. The largest absolute Gasteiger partial charge is 0.416 e. The minimum absolute atomic E-state index is 0.0527. The fourth-order valence-electron chi connectivity index (χ4n) is 3.27. The van der Waals surface area contributed by atoms with Crippen LogP contribution in [0.2, 0.25) is 0 Å². The number of para-hydroxylation sites is 1. The number of amides is 1. The predicted octanol–water partition coefficient (Wildman–Crippen LogP) is 2.86. The molecule has 9 heteroatoms. The topological polar surface area (TPSA) is 64.3 Å². The van der Waals surface area contributed by atoms with Gasteiger partial charge in [0.25, 0.3) is 5.56 Å². The van der Waals surface area contributed by atoms with Gasteiger partial charge in [-0.15, -0.1) is 0 Å². The molecule has 0 N–H and O–H groups in total. The zero-order chi connectivity index (χ0) is 22.1. The Morgan fingerprint density at radius 1 is 1.03 bits per heavy atom. The normalized spacial score (nSPS) is 11.6. The molecule has 0 aliphatic heterocycles. The molecule has 6 nitrogen and oxygen atoms in total. The lowest BCUT2D eigenvalue weighted by Crippen LogP contribution is -2.42. The number of hydrogen-bond donors (Lipinski definition) is 0. The summed E-state index contributed by atoms with van der Waals surface area (Å²) < 4.78 is 41.0. The molecule has 1 aromatic heterocycles. The molecule has 0 saturated heterocycles. The van der Waals surface area contributed by atoms with E-state index in [4.69, 9.17) is 0 Å². The lowest BCUT2D eigenvalue weighted by molar-refractivity contribution is -0.137. The third-order valence-corrected chi connectivity index (χ3v) is 4.84. The van der Waals surface area contributed by atoms with Gasteiger partial charge < -0.3 is 4.90 Å². The van der Waals surface area contributed by atoms with Gasteiger partial charge in [0, 0.05) is 20.1 Å². The molecule has 3 aromatic rings. The summed E-state index contributed by atoms with van der Waals surface area (Å²) in [5.41, 5.74) is -1.19. The SMILES string of the molecule is CCn1c(=O)c2ccccc2n(CC(=O)N(C)Cc2cccc(C(F)(F)F)c2)c1=O. The molecular formula is C21H20F3N3O3.